The monoisotopic (exact) mass is 173 g/mol. The van der Waals surface area contributed by atoms with Crippen LogP contribution in [0.15, 0.2) is 0 Å². The summed E-state index contributed by atoms with van der Waals surface area (Å²) in [4.78, 5) is 0. The summed E-state index contributed by atoms with van der Waals surface area (Å²) in [5, 5.41) is 3.62. The van der Waals surface area contributed by atoms with Crippen molar-refractivity contribution in [2.45, 2.75) is 38.1 Å². The molecule has 0 spiro atoms. The maximum absolute atomic E-state index is 3.62. The highest BCUT2D eigenvalue weighted by molar-refractivity contribution is 7.98. The van der Waals surface area contributed by atoms with Crippen LogP contribution in [0.2, 0.25) is 0 Å². The SMILES string of the molecule is CSCCCNC1(C)CCC1. The van der Waals surface area contributed by atoms with E-state index < -0.39 is 0 Å². The lowest BCUT2D eigenvalue weighted by Gasteiger charge is -2.39. The molecule has 0 unspecified atom stereocenters. The predicted octanol–water partition coefficient (Wildman–Crippen LogP) is 2.27. The van der Waals surface area contributed by atoms with Crippen molar-refractivity contribution in [1.82, 2.24) is 5.32 Å². The molecule has 0 aromatic carbocycles. The van der Waals surface area contributed by atoms with E-state index in [1.54, 1.807) is 0 Å². The van der Waals surface area contributed by atoms with Gasteiger partial charge in [0.25, 0.3) is 0 Å². The van der Waals surface area contributed by atoms with Gasteiger partial charge in [-0.25, -0.2) is 0 Å². The van der Waals surface area contributed by atoms with Crippen LogP contribution in [0.3, 0.4) is 0 Å². The van der Waals surface area contributed by atoms with Gasteiger partial charge in [0.15, 0.2) is 0 Å². The molecule has 1 fully saturated rings. The van der Waals surface area contributed by atoms with Gasteiger partial charge < -0.3 is 5.32 Å². The summed E-state index contributed by atoms with van der Waals surface area (Å²) >= 11 is 1.94. The van der Waals surface area contributed by atoms with E-state index in [0.717, 1.165) is 0 Å². The average molecular weight is 173 g/mol. The van der Waals surface area contributed by atoms with Gasteiger partial charge in [-0.15, -0.1) is 0 Å². The minimum atomic E-state index is 0.512. The summed E-state index contributed by atoms with van der Waals surface area (Å²) in [6.07, 6.45) is 7.67. The fourth-order valence-electron chi connectivity index (χ4n) is 1.49. The van der Waals surface area contributed by atoms with Crippen molar-refractivity contribution in [1.29, 1.82) is 0 Å². The number of rotatable bonds is 5. The average Bonchev–Trinajstić information content (AvgIpc) is 1.95. The van der Waals surface area contributed by atoms with E-state index in [1.807, 2.05) is 11.8 Å². The highest BCUT2D eigenvalue weighted by Gasteiger charge is 2.30. The fraction of sp³-hybridized carbons (Fsp3) is 1.00. The predicted molar refractivity (Wildman–Crippen MR) is 53.3 cm³/mol. The van der Waals surface area contributed by atoms with Crippen LogP contribution < -0.4 is 5.32 Å². The lowest BCUT2D eigenvalue weighted by Crippen LogP contribution is -2.48. The molecular formula is C9H19NS. The Morgan fingerprint density at radius 3 is 2.64 bits per heavy atom. The lowest BCUT2D eigenvalue weighted by molar-refractivity contribution is 0.210. The molecule has 1 aliphatic rings. The molecule has 0 radical (unpaired) electrons. The molecular weight excluding hydrogens is 154 g/mol. The first kappa shape index (κ1) is 9.40. The summed E-state index contributed by atoms with van der Waals surface area (Å²) < 4.78 is 0. The van der Waals surface area contributed by atoms with Crippen LogP contribution in [0, 0.1) is 0 Å². The van der Waals surface area contributed by atoms with E-state index in [-0.39, 0.29) is 0 Å². The first-order valence-corrected chi connectivity index (χ1v) is 5.90. The summed E-state index contributed by atoms with van der Waals surface area (Å²) in [5.41, 5.74) is 0.512. The second-order valence-corrected chi connectivity index (χ2v) is 4.67. The van der Waals surface area contributed by atoms with Crippen LogP contribution in [0.5, 0.6) is 0 Å². The van der Waals surface area contributed by atoms with Crippen LogP contribution in [-0.4, -0.2) is 24.1 Å². The second-order valence-electron chi connectivity index (χ2n) is 3.69. The number of hydrogen-bond donors (Lipinski definition) is 1. The number of nitrogens with one attached hydrogen (secondary N) is 1. The number of thioether (sulfide) groups is 1. The van der Waals surface area contributed by atoms with Crippen LogP contribution >= 0.6 is 11.8 Å². The molecule has 1 rings (SSSR count). The summed E-state index contributed by atoms with van der Waals surface area (Å²) in [6, 6.07) is 0. The Morgan fingerprint density at radius 2 is 2.18 bits per heavy atom. The molecule has 0 heterocycles. The molecule has 1 aliphatic carbocycles. The van der Waals surface area contributed by atoms with Gasteiger partial charge in [0, 0.05) is 5.54 Å². The van der Waals surface area contributed by atoms with E-state index in [9.17, 15) is 0 Å². The van der Waals surface area contributed by atoms with E-state index in [0.29, 0.717) is 5.54 Å². The van der Waals surface area contributed by atoms with Crippen molar-refractivity contribution >= 4 is 11.8 Å². The van der Waals surface area contributed by atoms with Gasteiger partial charge in [-0.05, 0) is 51.2 Å². The van der Waals surface area contributed by atoms with Crippen molar-refractivity contribution in [2.24, 2.45) is 0 Å². The largest absolute Gasteiger partial charge is 0.311 e. The maximum Gasteiger partial charge on any atom is 0.0153 e. The van der Waals surface area contributed by atoms with E-state index >= 15 is 0 Å². The molecule has 0 bridgehead atoms. The quantitative estimate of drug-likeness (QED) is 0.640. The van der Waals surface area contributed by atoms with Crippen molar-refractivity contribution in [3.05, 3.63) is 0 Å². The summed E-state index contributed by atoms with van der Waals surface area (Å²) in [7, 11) is 0. The van der Waals surface area contributed by atoms with Gasteiger partial charge in [0.1, 0.15) is 0 Å². The van der Waals surface area contributed by atoms with Crippen LogP contribution in [0.4, 0.5) is 0 Å². The van der Waals surface area contributed by atoms with E-state index in [2.05, 4.69) is 18.5 Å². The third-order valence-electron chi connectivity index (χ3n) is 2.53. The molecule has 1 N–H and O–H groups in total. The topological polar surface area (TPSA) is 12.0 Å². The molecule has 1 saturated carbocycles. The minimum absolute atomic E-state index is 0.512. The minimum Gasteiger partial charge on any atom is -0.311 e. The van der Waals surface area contributed by atoms with Crippen molar-refractivity contribution in [3.8, 4) is 0 Å². The second kappa shape index (κ2) is 4.36. The standard InChI is InChI=1S/C9H19NS/c1-9(5-3-6-9)10-7-4-8-11-2/h10H,3-8H2,1-2H3. The van der Waals surface area contributed by atoms with Gasteiger partial charge >= 0.3 is 0 Å². The third-order valence-corrected chi connectivity index (χ3v) is 3.23. The maximum atomic E-state index is 3.62. The van der Waals surface area contributed by atoms with Gasteiger partial charge in [0.05, 0.1) is 0 Å². The zero-order valence-electron chi connectivity index (χ0n) is 7.65. The molecule has 2 heteroatoms. The molecule has 0 atom stereocenters. The van der Waals surface area contributed by atoms with E-state index in [4.69, 9.17) is 0 Å². The molecule has 0 saturated heterocycles. The van der Waals surface area contributed by atoms with Crippen LogP contribution in [0.25, 0.3) is 0 Å². The molecule has 0 aliphatic heterocycles. The Bertz CT molecular complexity index is 110. The molecule has 1 nitrogen and oxygen atoms in total. The van der Waals surface area contributed by atoms with Crippen molar-refractivity contribution < 1.29 is 0 Å². The smallest absolute Gasteiger partial charge is 0.0153 e. The highest BCUT2D eigenvalue weighted by atomic mass is 32.2. The van der Waals surface area contributed by atoms with Crippen LogP contribution in [0.1, 0.15) is 32.6 Å². The molecule has 0 aromatic rings. The molecule has 11 heavy (non-hydrogen) atoms. The van der Waals surface area contributed by atoms with Gasteiger partial charge in [-0.1, -0.05) is 0 Å². The summed E-state index contributed by atoms with van der Waals surface area (Å²) in [6.45, 7) is 3.55. The van der Waals surface area contributed by atoms with E-state index in [1.165, 1.54) is 38.0 Å². The van der Waals surface area contributed by atoms with Gasteiger partial charge in [-0.3, -0.25) is 0 Å². The zero-order valence-corrected chi connectivity index (χ0v) is 8.47. The Labute approximate surface area is 74.3 Å². The fourth-order valence-corrected chi connectivity index (χ4v) is 1.92. The van der Waals surface area contributed by atoms with Gasteiger partial charge in [-0.2, -0.15) is 11.8 Å². The zero-order chi connectivity index (χ0) is 8.16. The first-order valence-electron chi connectivity index (χ1n) is 4.51. The third kappa shape index (κ3) is 3.04. The molecule has 0 amide bonds. The first-order chi connectivity index (χ1) is 5.27. The summed E-state index contributed by atoms with van der Waals surface area (Å²) in [5.74, 6) is 1.29. The number of hydrogen-bond acceptors (Lipinski definition) is 2. The molecule has 0 aromatic heterocycles. The molecule has 66 valence electrons. The Balaban J connectivity index is 1.94. The Hall–Kier alpha value is 0.310. The van der Waals surface area contributed by atoms with Gasteiger partial charge in [0.2, 0.25) is 0 Å². The Kier molecular flexibility index (Phi) is 3.73. The Morgan fingerprint density at radius 1 is 1.45 bits per heavy atom. The van der Waals surface area contributed by atoms with Crippen molar-refractivity contribution in [3.63, 3.8) is 0 Å². The normalized spacial score (nSPS) is 21.3. The van der Waals surface area contributed by atoms with Crippen LogP contribution in [-0.2, 0) is 0 Å². The lowest BCUT2D eigenvalue weighted by atomic mass is 9.78. The highest BCUT2D eigenvalue weighted by Crippen LogP contribution is 2.30. The van der Waals surface area contributed by atoms with Crippen molar-refractivity contribution in [2.75, 3.05) is 18.6 Å².